The van der Waals surface area contributed by atoms with Gasteiger partial charge < -0.3 is 15.4 Å². The maximum absolute atomic E-state index is 11.7. The summed E-state index contributed by atoms with van der Waals surface area (Å²) in [4.78, 5) is 15.1. The Bertz CT molecular complexity index is 609. The minimum atomic E-state index is -0.901. The Balaban J connectivity index is 1.90. The summed E-state index contributed by atoms with van der Waals surface area (Å²) in [6, 6.07) is 8.16. The molecule has 4 nitrogen and oxygen atoms in total. The number of nitrogens with one attached hydrogen (secondary N) is 2. The number of carbonyl (C=O) groups excluding carboxylic acids is 1. The maximum atomic E-state index is 11.7. The van der Waals surface area contributed by atoms with Crippen LogP contribution in [0.3, 0.4) is 0 Å². The number of benzene rings is 1. The quantitative estimate of drug-likeness (QED) is 0.735. The first kappa shape index (κ1) is 15.9. The van der Waals surface area contributed by atoms with E-state index in [4.69, 9.17) is 0 Å². The Morgan fingerprint density at radius 3 is 2.95 bits per heavy atom. The van der Waals surface area contributed by atoms with E-state index in [9.17, 15) is 9.90 Å². The van der Waals surface area contributed by atoms with Crippen molar-refractivity contribution in [1.29, 1.82) is 0 Å². The molecule has 1 heterocycles. The molecular weight excluding hydrogens is 284 g/mol. The van der Waals surface area contributed by atoms with Crippen LogP contribution in [0.2, 0.25) is 0 Å². The van der Waals surface area contributed by atoms with Gasteiger partial charge in [-0.25, -0.2) is 0 Å². The van der Waals surface area contributed by atoms with Gasteiger partial charge in [0.05, 0.1) is 0 Å². The van der Waals surface area contributed by atoms with Crippen LogP contribution in [0.4, 0.5) is 0 Å². The predicted octanol–water partition coefficient (Wildman–Crippen LogP) is 2.25. The van der Waals surface area contributed by atoms with E-state index in [1.807, 2.05) is 25.3 Å². The van der Waals surface area contributed by atoms with Gasteiger partial charge in [0.1, 0.15) is 6.10 Å². The van der Waals surface area contributed by atoms with Crippen molar-refractivity contribution in [2.24, 2.45) is 0 Å². The van der Waals surface area contributed by atoms with Crippen LogP contribution < -0.4 is 5.32 Å². The zero-order chi connectivity index (χ0) is 15.2. The summed E-state index contributed by atoms with van der Waals surface area (Å²) < 4.78 is 0. The molecule has 0 saturated heterocycles. The van der Waals surface area contributed by atoms with Gasteiger partial charge in [-0.1, -0.05) is 18.2 Å². The molecule has 0 radical (unpaired) electrons. The largest absolute Gasteiger partial charge is 0.383 e. The molecule has 114 valence electrons. The minimum absolute atomic E-state index is 0.276. The van der Waals surface area contributed by atoms with E-state index in [0.717, 1.165) is 23.4 Å². The van der Waals surface area contributed by atoms with Crippen LogP contribution in [0.1, 0.15) is 17.7 Å². The number of aliphatic hydroxyl groups excluding tert-OH is 1. The number of thioether (sulfide) groups is 1. The second kappa shape index (κ2) is 7.52. The molecule has 3 N–H and O–H groups in total. The number of rotatable bonds is 7. The molecular formula is C16H22N2O2S. The maximum Gasteiger partial charge on any atom is 0.248 e. The fourth-order valence-corrected chi connectivity index (χ4v) is 2.90. The summed E-state index contributed by atoms with van der Waals surface area (Å²) in [6.07, 6.45) is 2.32. The Hall–Kier alpha value is -1.46. The molecule has 21 heavy (non-hydrogen) atoms. The Morgan fingerprint density at radius 1 is 1.43 bits per heavy atom. The van der Waals surface area contributed by atoms with Gasteiger partial charge in [0, 0.05) is 23.1 Å². The standard InChI is InChI=1S/C16H22N2O2S/c1-11-12(13-5-3-4-6-14(13)18-11)7-9-17-16(20)15(19)8-10-21-2/h3-6,15,18-19H,7-10H2,1-2H3,(H,17,20). The van der Waals surface area contributed by atoms with Gasteiger partial charge >= 0.3 is 0 Å². The lowest BCUT2D eigenvalue weighted by atomic mass is 10.1. The number of aromatic amines is 1. The van der Waals surface area contributed by atoms with Crippen molar-refractivity contribution in [2.45, 2.75) is 25.9 Å². The molecule has 0 spiro atoms. The number of carbonyl (C=O) groups is 1. The SMILES string of the molecule is CSCCC(O)C(=O)NCCc1c(C)[nH]c2ccccc12. The van der Waals surface area contributed by atoms with Crippen molar-refractivity contribution < 1.29 is 9.90 Å². The first-order valence-electron chi connectivity index (χ1n) is 7.14. The monoisotopic (exact) mass is 306 g/mol. The second-order valence-electron chi connectivity index (χ2n) is 5.11. The number of amides is 1. The van der Waals surface area contributed by atoms with E-state index >= 15 is 0 Å². The molecule has 1 aromatic carbocycles. The third-order valence-electron chi connectivity index (χ3n) is 3.60. The summed E-state index contributed by atoms with van der Waals surface area (Å²) in [5, 5.41) is 13.7. The molecule has 2 aromatic rings. The van der Waals surface area contributed by atoms with Gasteiger partial charge in [-0.15, -0.1) is 0 Å². The van der Waals surface area contributed by atoms with Crippen LogP contribution in [-0.2, 0) is 11.2 Å². The van der Waals surface area contributed by atoms with Crippen molar-refractivity contribution in [3.05, 3.63) is 35.5 Å². The number of hydrogen-bond donors (Lipinski definition) is 3. The normalized spacial score (nSPS) is 12.5. The minimum Gasteiger partial charge on any atom is -0.383 e. The number of fused-ring (bicyclic) bond motifs is 1. The lowest BCUT2D eigenvalue weighted by Crippen LogP contribution is -2.36. The lowest BCUT2D eigenvalue weighted by Gasteiger charge is -2.10. The summed E-state index contributed by atoms with van der Waals surface area (Å²) in [5.74, 6) is 0.511. The summed E-state index contributed by atoms with van der Waals surface area (Å²) >= 11 is 1.63. The fraction of sp³-hybridized carbons (Fsp3) is 0.438. The van der Waals surface area contributed by atoms with Crippen molar-refractivity contribution in [3.63, 3.8) is 0 Å². The summed E-state index contributed by atoms with van der Waals surface area (Å²) in [5.41, 5.74) is 3.48. The first-order chi connectivity index (χ1) is 10.1. The van der Waals surface area contributed by atoms with Crippen LogP contribution in [-0.4, -0.2) is 40.7 Å². The molecule has 1 aromatic heterocycles. The van der Waals surface area contributed by atoms with E-state index in [2.05, 4.69) is 22.4 Å². The van der Waals surface area contributed by atoms with Gasteiger partial charge in [-0.05, 0) is 43.4 Å². The molecule has 5 heteroatoms. The molecule has 0 fully saturated rings. The number of aromatic nitrogens is 1. The topological polar surface area (TPSA) is 65.1 Å². The van der Waals surface area contributed by atoms with Gasteiger partial charge in [0.25, 0.3) is 0 Å². The van der Waals surface area contributed by atoms with Gasteiger partial charge in [-0.3, -0.25) is 4.79 Å². The van der Waals surface area contributed by atoms with E-state index in [1.54, 1.807) is 11.8 Å². The summed E-state index contributed by atoms with van der Waals surface area (Å²) in [7, 11) is 0. The van der Waals surface area contributed by atoms with Gasteiger partial charge in [0.2, 0.25) is 5.91 Å². The summed E-state index contributed by atoms with van der Waals surface area (Å²) in [6.45, 7) is 2.59. The zero-order valence-electron chi connectivity index (χ0n) is 12.5. The Morgan fingerprint density at radius 2 is 2.19 bits per heavy atom. The molecule has 1 atom stereocenters. The molecule has 0 saturated carbocycles. The van der Waals surface area contributed by atoms with Crippen molar-refractivity contribution in [3.8, 4) is 0 Å². The zero-order valence-corrected chi connectivity index (χ0v) is 13.3. The molecule has 0 aliphatic carbocycles. The van der Waals surface area contributed by atoms with Crippen molar-refractivity contribution >= 4 is 28.6 Å². The molecule has 1 unspecified atom stereocenters. The van der Waals surface area contributed by atoms with E-state index in [-0.39, 0.29) is 5.91 Å². The highest BCUT2D eigenvalue weighted by Crippen LogP contribution is 2.21. The van der Waals surface area contributed by atoms with Crippen LogP contribution in [0.25, 0.3) is 10.9 Å². The molecule has 0 aliphatic heterocycles. The van der Waals surface area contributed by atoms with Gasteiger partial charge in [0.15, 0.2) is 0 Å². The average molecular weight is 306 g/mol. The third kappa shape index (κ3) is 4.02. The van der Waals surface area contributed by atoms with E-state index < -0.39 is 6.10 Å². The van der Waals surface area contributed by atoms with Crippen LogP contribution in [0, 0.1) is 6.92 Å². The number of aliphatic hydroxyl groups is 1. The Kier molecular flexibility index (Phi) is 5.70. The second-order valence-corrected chi connectivity index (χ2v) is 6.10. The highest BCUT2D eigenvalue weighted by molar-refractivity contribution is 7.98. The van der Waals surface area contributed by atoms with Crippen LogP contribution in [0.5, 0.6) is 0 Å². The van der Waals surface area contributed by atoms with E-state index in [0.29, 0.717) is 13.0 Å². The smallest absolute Gasteiger partial charge is 0.248 e. The van der Waals surface area contributed by atoms with Gasteiger partial charge in [-0.2, -0.15) is 11.8 Å². The number of para-hydroxylation sites is 1. The van der Waals surface area contributed by atoms with Crippen LogP contribution >= 0.6 is 11.8 Å². The third-order valence-corrected chi connectivity index (χ3v) is 4.24. The number of hydrogen-bond acceptors (Lipinski definition) is 3. The Labute approximate surface area is 129 Å². The number of aryl methyl sites for hydroxylation is 1. The molecule has 2 rings (SSSR count). The molecule has 1 amide bonds. The molecule has 0 bridgehead atoms. The average Bonchev–Trinajstić information content (AvgIpc) is 2.80. The highest BCUT2D eigenvalue weighted by Gasteiger charge is 2.14. The molecule has 0 aliphatic rings. The van der Waals surface area contributed by atoms with Crippen molar-refractivity contribution in [1.82, 2.24) is 10.3 Å². The highest BCUT2D eigenvalue weighted by atomic mass is 32.2. The predicted molar refractivity (Wildman–Crippen MR) is 88.8 cm³/mol. The lowest BCUT2D eigenvalue weighted by molar-refractivity contribution is -0.129. The number of H-pyrrole nitrogens is 1. The van der Waals surface area contributed by atoms with E-state index in [1.165, 1.54) is 10.9 Å². The van der Waals surface area contributed by atoms with Crippen molar-refractivity contribution in [2.75, 3.05) is 18.6 Å². The fourth-order valence-electron chi connectivity index (χ4n) is 2.45. The van der Waals surface area contributed by atoms with Crippen LogP contribution in [0.15, 0.2) is 24.3 Å². The first-order valence-corrected chi connectivity index (χ1v) is 8.53.